The Morgan fingerprint density at radius 3 is 1.21 bits per heavy atom. The van der Waals surface area contributed by atoms with Crippen LogP contribution in [0, 0.1) is 0 Å². The summed E-state index contributed by atoms with van der Waals surface area (Å²) in [5, 5.41) is 2.22. The van der Waals surface area contributed by atoms with Crippen LogP contribution in [0.15, 0.2) is 176 Å². The number of benzene rings is 7. The quantitative estimate of drug-likeness (QED) is 0.170. The van der Waals surface area contributed by atoms with Crippen LogP contribution in [-0.2, 0) is 0 Å². The Kier molecular flexibility index (Phi) is 7.12. The van der Waals surface area contributed by atoms with E-state index in [-0.39, 0.29) is 11.6 Å². The average Bonchev–Trinajstić information content (AvgIpc) is 3.49. The molecule has 0 fully saturated rings. The van der Waals surface area contributed by atoms with Crippen LogP contribution >= 0.6 is 0 Å². The van der Waals surface area contributed by atoms with Crippen molar-refractivity contribution in [2.45, 2.75) is 0 Å². The lowest BCUT2D eigenvalue weighted by Crippen LogP contribution is -2.09. The standard InChI is InChI=1S/C44H29NO2/c46-43(34-19-11-17-32(25-34)30-13-3-1-4-14-30)36-27-37(44(47)35-20-12-18-33(26-35)31-15-5-2-6-16-31)29-38(28-36)45-41-23-9-7-21-39(41)40-22-8-10-24-42(40)45/h1-29H. The van der Waals surface area contributed by atoms with Crippen LogP contribution in [0.1, 0.15) is 31.8 Å². The van der Waals surface area contributed by atoms with Crippen LogP contribution in [0.25, 0.3) is 49.7 Å². The molecule has 3 nitrogen and oxygen atoms in total. The predicted molar refractivity (Wildman–Crippen MR) is 191 cm³/mol. The number of hydrogen-bond acceptors (Lipinski definition) is 2. The van der Waals surface area contributed by atoms with Crippen molar-refractivity contribution < 1.29 is 9.59 Å². The molecule has 7 aromatic carbocycles. The Morgan fingerprint density at radius 2 is 0.745 bits per heavy atom. The first-order valence-electron chi connectivity index (χ1n) is 15.7. The molecule has 0 aliphatic carbocycles. The van der Waals surface area contributed by atoms with Crippen molar-refractivity contribution in [3.8, 4) is 27.9 Å². The smallest absolute Gasteiger partial charge is 0.193 e. The van der Waals surface area contributed by atoms with Gasteiger partial charge in [-0.05, 0) is 64.7 Å². The molecule has 0 bridgehead atoms. The zero-order valence-corrected chi connectivity index (χ0v) is 25.5. The molecule has 0 aliphatic heterocycles. The van der Waals surface area contributed by atoms with E-state index < -0.39 is 0 Å². The summed E-state index contributed by atoms with van der Waals surface area (Å²) in [4.78, 5) is 28.6. The summed E-state index contributed by atoms with van der Waals surface area (Å²) in [6.45, 7) is 0. The molecule has 0 amide bonds. The molecule has 0 unspecified atom stereocenters. The van der Waals surface area contributed by atoms with Crippen LogP contribution < -0.4 is 0 Å². The van der Waals surface area contributed by atoms with Crippen molar-refractivity contribution in [1.29, 1.82) is 0 Å². The van der Waals surface area contributed by atoms with Gasteiger partial charge in [-0.3, -0.25) is 9.59 Å². The van der Waals surface area contributed by atoms with E-state index in [0.29, 0.717) is 22.3 Å². The van der Waals surface area contributed by atoms with Crippen molar-refractivity contribution in [2.24, 2.45) is 0 Å². The molecule has 0 aliphatic rings. The first-order valence-corrected chi connectivity index (χ1v) is 15.7. The summed E-state index contributed by atoms with van der Waals surface area (Å²) in [5.41, 5.74) is 8.82. The summed E-state index contributed by atoms with van der Waals surface area (Å²) in [7, 11) is 0. The van der Waals surface area contributed by atoms with E-state index in [2.05, 4.69) is 28.8 Å². The summed E-state index contributed by atoms with van der Waals surface area (Å²) >= 11 is 0. The molecular weight excluding hydrogens is 574 g/mol. The van der Waals surface area contributed by atoms with E-state index in [1.165, 1.54) is 0 Å². The van der Waals surface area contributed by atoms with Crippen molar-refractivity contribution in [2.75, 3.05) is 0 Å². The normalized spacial score (nSPS) is 11.1. The molecule has 0 saturated heterocycles. The second-order valence-corrected chi connectivity index (χ2v) is 11.7. The molecule has 8 rings (SSSR count). The van der Waals surface area contributed by atoms with Gasteiger partial charge in [0, 0.05) is 38.7 Å². The Morgan fingerprint density at radius 1 is 0.340 bits per heavy atom. The molecule has 47 heavy (non-hydrogen) atoms. The third-order valence-electron chi connectivity index (χ3n) is 8.74. The number of hydrogen-bond donors (Lipinski definition) is 0. The Hall–Kier alpha value is -6.32. The summed E-state index contributed by atoms with van der Waals surface area (Å²) in [6, 6.07) is 57.5. The maximum atomic E-state index is 14.3. The third-order valence-corrected chi connectivity index (χ3v) is 8.74. The predicted octanol–water partition coefficient (Wildman–Crippen LogP) is 10.6. The van der Waals surface area contributed by atoms with E-state index in [4.69, 9.17) is 0 Å². The van der Waals surface area contributed by atoms with Crippen LogP contribution in [0.2, 0.25) is 0 Å². The van der Waals surface area contributed by atoms with E-state index in [1.807, 2.05) is 146 Å². The number of carbonyl (C=O) groups excluding carboxylic acids is 2. The van der Waals surface area contributed by atoms with Gasteiger partial charge in [0.25, 0.3) is 0 Å². The number of para-hydroxylation sites is 2. The molecule has 222 valence electrons. The van der Waals surface area contributed by atoms with Crippen molar-refractivity contribution >= 4 is 33.4 Å². The lowest BCUT2D eigenvalue weighted by Gasteiger charge is -2.14. The fourth-order valence-electron chi connectivity index (χ4n) is 6.48. The lowest BCUT2D eigenvalue weighted by atomic mass is 9.94. The largest absolute Gasteiger partial charge is 0.309 e. The highest BCUT2D eigenvalue weighted by atomic mass is 16.1. The molecule has 0 N–H and O–H groups in total. The monoisotopic (exact) mass is 603 g/mol. The first kappa shape index (κ1) is 28.2. The number of rotatable bonds is 7. The zero-order valence-electron chi connectivity index (χ0n) is 25.5. The van der Waals surface area contributed by atoms with E-state index >= 15 is 0 Å². The van der Waals surface area contributed by atoms with Gasteiger partial charge in [0.05, 0.1) is 11.0 Å². The van der Waals surface area contributed by atoms with E-state index in [0.717, 1.165) is 49.7 Å². The number of carbonyl (C=O) groups is 2. The van der Waals surface area contributed by atoms with Gasteiger partial charge < -0.3 is 4.57 Å². The summed E-state index contributed by atoms with van der Waals surface area (Å²) < 4.78 is 2.15. The van der Waals surface area contributed by atoms with Crippen molar-refractivity contribution in [3.05, 3.63) is 198 Å². The maximum absolute atomic E-state index is 14.3. The van der Waals surface area contributed by atoms with E-state index in [9.17, 15) is 9.59 Å². The number of nitrogens with zero attached hydrogens (tertiary/aromatic N) is 1. The van der Waals surface area contributed by atoms with Crippen molar-refractivity contribution in [1.82, 2.24) is 4.57 Å². The van der Waals surface area contributed by atoms with E-state index in [1.54, 1.807) is 6.07 Å². The molecule has 1 aromatic heterocycles. The average molecular weight is 604 g/mol. The number of ketones is 2. The SMILES string of the molecule is O=C(c1cccc(-c2ccccc2)c1)c1cc(C(=O)c2cccc(-c3ccccc3)c2)cc(-n2c3ccccc3c3ccccc32)c1. The fraction of sp³-hybridized carbons (Fsp3) is 0. The van der Waals surface area contributed by atoms with Gasteiger partial charge in [-0.15, -0.1) is 0 Å². The Labute approximate surface area is 273 Å². The second kappa shape index (κ2) is 11.9. The first-order chi connectivity index (χ1) is 23.1. The molecule has 3 heteroatoms. The van der Waals surface area contributed by atoms with Crippen LogP contribution in [0.5, 0.6) is 0 Å². The molecule has 8 aromatic rings. The molecule has 0 radical (unpaired) electrons. The highest BCUT2D eigenvalue weighted by molar-refractivity contribution is 6.15. The minimum absolute atomic E-state index is 0.141. The third kappa shape index (κ3) is 5.24. The summed E-state index contributed by atoms with van der Waals surface area (Å²) in [5.74, 6) is -0.282. The molecule has 0 saturated carbocycles. The van der Waals surface area contributed by atoms with Crippen molar-refractivity contribution in [3.63, 3.8) is 0 Å². The number of aromatic nitrogens is 1. The fourth-order valence-corrected chi connectivity index (χ4v) is 6.48. The zero-order chi connectivity index (χ0) is 31.7. The second-order valence-electron chi connectivity index (χ2n) is 11.7. The van der Waals surface area contributed by atoms with Crippen LogP contribution in [0.3, 0.4) is 0 Å². The maximum Gasteiger partial charge on any atom is 0.193 e. The van der Waals surface area contributed by atoms with Crippen LogP contribution in [-0.4, -0.2) is 16.1 Å². The van der Waals surface area contributed by atoms with Gasteiger partial charge in [-0.1, -0.05) is 133 Å². The highest BCUT2D eigenvalue weighted by Crippen LogP contribution is 2.33. The Bertz CT molecular complexity index is 2270. The van der Waals surface area contributed by atoms with Gasteiger partial charge >= 0.3 is 0 Å². The molecule has 0 spiro atoms. The molecule has 1 heterocycles. The van der Waals surface area contributed by atoms with Crippen LogP contribution in [0.4, 0.5) is 0 Å². The molecular formula is C44H29NO2. The molecule has 0 atom stereocenters. The highest BCUT2D eigenvalue weighted by Gasteiger charge is 2.20. The minimum atomic E-state index is -0.141. The van der Waals surface area contributed by atoms with Gasteiger partial charge in [0.1, 0.15) is 0 Å². The summed E-state index contributed by atoms with van der Waals surface area (Å²) in [6.07, 6.45) is 0. The minimum Gasteiger partial charge on any atom is -0.309 e. The number of fused-ring (bicyclic) bond motifs is 3. The lowest BCUT2D eigenvalue weighted by molar-refractivity contribution is 0.103. The topological polar surface area (TPSA) is 39.1 Å². The van der Waals surface area contributed by atoms with Gasteiger partial charge in [0.2, 0.25) is 0 Å². The van der Waals surface area contributed by atoms with Gasteiger partial charge in [-0.25, -0.2) is 0 Å². The Balaban J connectivity index is 1.30. The van der Waals surface area contributed by atoms with Gasteiger partial charge in [0.15, 0.2) is 11.6 Å². The van der Waals surface area contributed by atoms with Gasteiger partial charge in [-0.2, -0.15) is 0 Å².